The maximum Gasteiger partial charge on any atom is 0.301 e. The first-order valence-electron chi connectivity index (χ1n) is 6.26. The molecule has 2 aromatic rings. The Morgan fingerprint density at radius 1 is 1.05 bits per heavy atom. The fourth-order valence-electron chi connectivity index (χ4n) is 1.71. The van der Waals surface area contributed by atoms with Gasteiger partial charge in [-0.3, -0.25) is 25.7 Å². The third-order valence-corrected chi connectivity index (χ3v) is 2.86. The van der Waals surface area contributed by atoms with Gasteiger partial charge in [0.25, 0.3) is 5.69 Å². The molecule has 8 nitrogen and oxygen atoms in total. The summed E-state index contributed by atoms with van der Waals surface area (Å²) in [5.41, 5.74) is 3.79. The van der Waals surface area contributed by atoms with Crippen LogP contribution in [0.25, 0.3) is 0 Å². The van der Waals surface area contributed by atoms with Crippen molar-refractivity contribution in [1.29, 1.82) is 0 Å². The number of hydrogen-bond donors (Lipinski definition) is 1. The zero-order valence-corrected chi connectivity index (χ0v) is 11.6. The van der Waals surface area contributed by atoms with Crippen molar-refractivity contribution in [2.24, 2.45) is 5.10 Å². The summed E-state index contributed by atoms with van der Waals surface area (Å²) in [6, 6.07) is 10.9. The minimum atomic E-state index is -0.698. The normalized spacial score (nSPS) is 10.6. The third kappa shape index (κ3) is 3.63. The number of aryl methyl sites for hydroxylation is 1. The summed E-state index contributed by atoms with van der Waals surface area (Å²) in [5.74, 6) is 0. The molecule has 112 valence electrons. The lowest BCUT2D eigenvalue weighted by molar-refractivity contribution is -0.393. The Bertz CT molecular complexity index is 741. The number of nitro benzene ring substituents is 2. The Morgan fingerprint density at radius 2 is 1.73 bits per heavy atom. The molecule has 0 aliphatic heterocycles. The molecule has 0 fully saturated rings. The predicted octanol–water partition coefficient (Wildman–Crippen LogP) is 3.26. The second-order valence-corrected chi connectivity index (χ2v) is 4.50. The van der Waals surface area contributed by atoms with Crippen LogP contribution in [0, 0.1) is 27.2 Å². The van der Waals surface area contributed by atoms with Crippen molar-refractivity contribution >= 4 is 23.3 Å². The smallest absolute Gasteiger partial charge is 0.272 e. The second kappa shape index (κ2) is 6.44. The molecule has 0 saturated heterocycles. The van der Waals surface area contributed by atoms with Gasteiger partial charge in [-0.1, -0.05) is 29.8 Å². The molecular formula is C14H12N4O4. The first-order chi connectivity index (χ1) is 10.5. The summed E-state index contributed by atoms with van der Waals surface area (Å²) in [5, 5.41) is 25.5. The van der Waals surface area contributed by atoms with Gasteiger partial charge in [0.05, 0.1) is 22.1 Å². The number of hydrazone groups is 1. The molecule has 0 bridgehead atoms. The summed E-state index contributed by atoms with van der Waals surface area (Å²) in [7, 11) is 0. The van der Waals surface area contributed by atoms with Gasteiger partial charge in [0.1, 0.15) is 5.69 Å². The van der Waals surface area contributed by atoms with E-state index in [9.17, 15) is 20.2 Å². The largest absolute Gasteiger partial charge is 0.301 e. The average Bonchev–Trinajstić information content (AvgIpc) is 2.49. The molecule has 2 aromatic carbocycles. The standard InChI is InChI=1S/C14H12N4O4/c1-10-2-4-11(5-3-10)9-15-16-13-7-6-12(17(19)20)8-14(13)18(21)22/h2-9,16H,1H3/b15-9-. The van der Waals surface area contributed by atoms with E-state index in [1.807, 2.05) is 31.2 Å². The Morgan fingerprint density at radius 3 is 2.32 bits per heavy atom. The zero-order chi connectivity index (χ0) is 16.1. The van der Waals surface area contributed by atoms with Crippen LogP contribution in [0.4, 0.5) is 17.1 Å². The van der Waals surface area contributed by atoms with E-state index in [-0.39, 0.29) is 11.4 Å². The zero-order valence-electron chi connectivity index (χ0n) is 11.6. The maximum atomic E-state index is 11.0. The molecule has 0 aliphatic carbocycles. The van der Waals surface area contributed by atoms with E-state index in [0.717, 1.165) is 17.2 Å². The van der Waals surface area contributed by atoms with Gasteiger partial charge >= 0.3 is 5.69 Å². The number of nitrogens with zero attached hydrogens (tertiary/aromatic N) is 3. The molecule has 0 atom stereocenters. The highest BCUT2D eigenvalue weighted by atomic mass is 16.6. The van der Waals surface area contributed by atoms with E-state index in [1.165, 1.54) is 18.3 Å². The summed E-state index contributed by atoms with van der Waals surface area (Å²) in [6.07, 6.45) is 1.50. The predicted molar refractivity (Wildman–Crippen MR) is 82.1 cm³/mol. The van der Waals surface area contributed by atoms with E-state index in [4.69, 9.17) is 0 Å². The molecular weight excluding hydrogens is 288 g/mol. The number of anilines is 1. The summed E-state index contributed by atoms with van der Waals surface area (Å²) >= 11 is 0. The minimum absolute atomic E-state index is 0.0824. The van der Waals surface area contributed by atoms with Gasteiger partial charge in [0.2, 0.25) is 0 Å². The van der Waals surface area contributed by atoms with Crippen LogP contribution in [-0.2, 0) is 0 Å². The van der Waals surface area contributed by atoms with Crippen LogP contribution >= 0.6 is 0 Å². The van der Waals surface area contributed by atoms with Gasteiger partial charge in [0.15, 0.2) is 0 Å². The van der Waals surface area contributed by atoms with E-state index < -0.39 is 15.5 Å². The number of benzene rings is 2. The first-order valence-corrected chi connectivity index (χ1v) is 6.26. The summed E-state index contributed by atoms with van der Waals surface area (Å²) in [4.78, 5) is 20.2. The van der Waals surface area contributed by atoms with Gasteiger partial charge in [-0.2, -0.15) is 5.10 Å². The van der Waals surface area contributed by atoms with E-state index in [2.05, 4.69) is 10.5 Å². The number of rotatable bonds is 5. The monoisotopic (exact) mass is 300 g/mol. The van der Waals surface area contributed by atoms with Crippen LogP contribution in [0.15, 0.2) is 47.6 Å². The maximum absolute atomic E-state index is 11.0. The van der Waals surface area contributed by atoms with Crippen molar-refractivity contribution in [3.05, 3.63) is 73.8 Å². The summed E-state index contributed by atoms with van der Waals surface area (Å²) < 4.78 is 0. The summed E-state index contributed by atoms with van der Waals surface area (Å²) in [6.45, 7) is 1.96. The van der Waals surface area contributed by atoms with Crippen molar-refractivity contribution < 1.29 is 9.85 Å². The Hall–Kier alpha value is -3.29. The van der Waals surface area contributed by atoms with Gasteiger partial charge in [-0.25, -0.2) is 0 Å². The van der Waals surface area contributed by atoms with Crippen molar-refractivity contribution in [3.8, 4) is 0 Å². The number of nitro groups is 2. The molecule has 0 amide bonds. The van der Waals surface area contributed by atoms with Gasteiger partial charge in [-0.05, 0) is 18.6 Å². The van der Waals surface area contributed by atoms with E-state index in [1.54, 1.807) is 0 Å². The lowest BCUT2D eigenvalue weighted by atomic mass is 10.2. The van der Waals surface area contributed by atoms with Crippen molar-refractivity contribution in [3.63, 3.8) is 0 Å². The van der Waals surface area contributed by atoms with Gasteiger partial charge in [-0.15, -0.1) is 0 Å². The molecule has 22 heavy (non-hydrogen) atoms. The fourth-order valence-corrected chi connectivity index (χ4v) is 1.71. The van der Waals surface area contributed by atoms with E-state index >= 15 is 0 Å². The van der Waals surface area contributed by atoms with Crippen LogP contribution in [0.1, 0.15) is 11.1 Å². The third-order valence-electron chi connectivity index (χ3n) is 2.86. The number of nitrogens with one attached hydrogen (secondary N) is 1. The van der Waals surface area contributed by atoms with Gasteiger partial charge in [0, 0.05) is 6.07 Å². The first kappa shape index (κ1) is 15.1. The topological polar surface area (TPSA) is 111 Å². The van der Waals surface area contributed by atoms with Gasteiger partial charge < -0.3 is 0 Å². The molecule has 1 N–H and O–H groups in total. The molecule has 0 saturated carbocycles. The Kier molecular flexibility index (Phi) is 4.42. The molecule has 0 aromatic heterocycles. The lowest BCUT2D eigenvalue weighted by Gasteiger charge is -2.02. The fraction of sp³-hybridized carbons (Fsp3) is 0.0714. The molecule has 0 unspecified atom stereocenters. The van der Waals surface area contributed by atoms with Crippen LogP contribution in [-0.4, -0.2) is 16.1 Å². The SMILES string of the molecule is Cc1ccc(/C=N\Nc2ccc([N+](=O)[O-])cc2[N+](=O)[O-])cc1. The van der Waals surface area contributed by atoms with Crippen LogP contribution < -0.4 is 5.43 Å². The van der Waals surface area contributed by atoms with Crippen molar-refractivity contribution in [2.45, 2.75) is 6.92 Å². The molecule has 0 heterocycles. The quantitative estimate of drug-likeness (QED) is 0.517. The number of non-ortho nitro benzene ring substituents is 1. The molecule has 0 spiro atoms. The highest BCUT2D eigenvalue weighted by Gasteiger charge is 2.18. The minimum Gasteiger partial charge on any atom is -0.272 e. The lowest BCUT2D eigenvalue weighted by Crippen LogP contribution is -1.98. The Balaban J connectivity index is 2.20. The highest BCUT2D eigenvalue weighted by Crippen LogP contribution is 2.28. The van der Waals surface area contributed by atoms with Crippen molar-refractivity contribution in [1.82, 2.24) is 0 Å². The van der Waals surface area contributed by atoms with Crippen molar-refractivity contribution in [2.75, 3.05) is 5.43 Å². The van der Waals surface area contributed by atoms with Crippen LogP contribution in [0.3, 0.4) is 0 Å². The van der Waals surface area contributed by atoms with E-state index in [0.29, 0.717) is 0 Å². The molecule has 0 aliphatic rings. The second-order valence-electron chi connectivity index (χ2n) is 4.50. The molecule has 2 rings (SSSR count). The Labute approximate surface area is 125 Å². The van der Waals surface area contributed by atoms with Crippen LogP contribution in [0.5, 0.6) is 0 Å². The number of hydrogen-bond acceptors (Lipinski definition) is 6. The highest BCUT2D eigenvalue weighted by molar-refractivity contribution is 5.80. The molecule has 8 heteroatoms. The average molecular weight is 300 g/mol. The van der Waals surface area contributed by atoms with Crippen LogP contribution in [0.2, 0.25) is 0 Å². The molecule has 0 radical (unpaired) electrons.